The van der Waals surface area contributed by atoms with E-state index in [4.69, 9.17) is 10.5 Å². The minimum absolute atomic E-state index is 0.112. The molecule has 0 spiro atoms. The van der Waals surface area contributed by atoms with Gasteiger partial charge in [0.05, 0.1) is 24.6 Å². The molecular weight excluding hydrogens is 156 g/mol. The zero-order valence-corrected chi connectivity index (χ0v) is 7.00. The number of rotatable bonds is 2. The fraction of sp³-hybridized carbons (Fsp3) is 0.250. The van der Waals surface area contributed by atoms with Gasteiger partial charge < -0.3 is 10.5 Å². The number of ether oxygens (including phenoxy) is 1. The van der Waals surface area contributed by atoms with E-state index >= 15 is 0 Å². The van der Waals surface area contributed by atoms with Gasteiger partial charge in [-0.05, 0) is 6.92 Å². The maximum Gasteiger partial charge on any atom is 0.163 e. The predicted molar refractivity (Wildman–Crippen MR) is 45.2 cm³/mol. The predicted octanol–water partition coefficient (Wildman–Crippen LogP) is 0.875. The minimum Gasteiger partial charge on any atom is -0.493 e. The molecule has 0 saturated carbocycles. The Morgan fingerprint density at radius 3 is 2.75 bits per heavy atom. The summed E-state index contributed by atoms with van der Waals surface area (Å²) in [6.45, 7) is 1.44. The van der Waals surface area contributed by atoms with Crippen molar-refractivity contribution in [2.24, 2.45) is 0 Å². The zero-order chi connectivity index (χ0) is 9.14. The Hall–Kier alpha value is -1.58. The summed E-state index contributed by atoms with van der Waals surface area (Å²) >= 11 is 0. The van der Waals surface area contributed by atoms with Crippen LogP contribution in [0.4, 0.5) is 5.69 Å². The summed E-state index contributed by atoms with van der Waals surface area (Å²) in [4.78, 5) is 14.8. The lowest BCUT2D eigenvalue weighted by atomic mass is 10.1. The van der Waals surface area contributed by atoms with E-state index in [0.717, 1.165) is 0 Å². The maximum atomic E-state index is 11.0. The van der Waals surface area contributed by atoms with Crippen molar-refractivity contribution in [2.75, 3.05) is 12.8 Å². The second-order valence-corrected chi connectivity index (χ2v) is 2.36. The van der Waals surface area contributed by atoms with Crippen LogP contribution in [-0.2, 0) is 0 Å². The lowest BCUT2D eigenvalue weighted by Crippen LogP contribution is -2.02. The molecule has 4 heteroatoms. The molecule has 0 fully saturated rings. The highest BCUT2D eigenvalue weighted by atomic mass is 16.5. The number of carbonyl (C=O) groups is 1. The average molecular weight is 166 g/mol. The first-order valence-electron chi connectivity index (χ1n) is 3.45. The van der Waals surface area contributed by atoms with Crippen molar-refractivity contribution in [3.63, 3.8) is 0 Å². The second-order valence-electron chi connectivity index (χ2n) is 2.36. The van der Waals surface area contributed by atoms with Crippen molar-refractivity contribution >= 4 is 11.5 Å². The van der Waals surface area contributed by atoms with Crippen LogP contribution in [0.1, 0.15) is 17.3 Å². The lowest BCUT2D eigenvalue weighted by molar-refractivity contribution is 0.101. The molecule has 0 aromatic carbocycles. The molecule has 0 aliphatic carbocycles. The zero-order valence-electron chi connectivity index (χ0n) is 7.00. The van der Waals surface area contributed by atoms with Crippen LogP contribution in [-0.4, -0.2) is 17.9 Å². The number of hydrogen-bond donors (Lipinski definition) is 1. The molecule has 12 heavy (non-hydrogen) atoms. The summed E-state index contributed by atoms with van der Waals surface area (Å²) in [7, 11) is 1.48. The standard InChI is InChI=1S/C8H10N2O2/c1-5(11)6-3-10-4-7(12-2)8(6)9/h3-4H,1-2H3,(H2,9,10). The van der Waals surface area contributed by atoms with Gasteiger partial charge in [0.25, 0.3) is 0 Å². The number of anilines is 1. The Morgan fingerprint density at radius 2 is 2.25 bits per heavy atom. The summed E-state index contributed by atoms with van der Waals surface area (Å²) in [5.74, 6) is 0.321. The van der Waals surface area contributed by atoms with Crippen LogP contribution < -0.4 is 10.5 Å². The van der Waals surface area contributed by atoms with Gasteiger partial charge in [-0.15, -0.1) is 0 Å². The van der Waals surface area contributed by atoms with Crippen LogP contribution in [0.15, 0.2) is 12.4 Å². The third kappa shape index (κ3) is 1.37. The molecule has 1 aromatic heterocycles. The number of nitrogens with zero attached hydrogens (tertiary/aromatic N) is 1. The highest BCUT2D eigenvalue weighted by Gasteiger charge is 2.08. The summed E-state index contributed by atoms with van der Waals surface area (Å²) < 4.78 is 4.90. The van der Waals surface area contributed by atoms with Gasteiger partial charge in [0.2, 0.25) is 0 Å². The highest BCUT2D eigenvalue weighted by Crippen LogP contribution is 2.23. The van der Waals surface area contributed by atoms with Gasteiger partial charge >= 0.3 is 0 Å². The molecule has 64 valence electrons. The molecule has 0 saturated heterocycles. The fourth-order valence-corrected chi connectivity index (χ4v) is 0.895. The van der Waals surface area contributed by atoms with E-state index in [9.17, 15) is 4.79 Å². The normalized spacial score (nSPS) is 9.50. The Balaban J connectivity index is 3.23. The average Bonchev–Trinajstić information content (AvgIpc) is 2.04. The third-order valence-corrected chi connectivity index (χ3v) is 1.55. The topological polar surface area (TPSA) is 65.2 Å². The van der Waals surface area contributed by atoms with Gasteiger partial charge in [-0.1, -0.05) is 0 Å². The first kappa shape index (κ1) is 8.52. The van der Waals surface area contributed by atoms with Crippen molar-refractivity contribution in [3.05, 3.63) is 18.0 Å². The largest absolute Gasteiger partial charge is 0.493 e. The van der Waals surface area contributed by atoms with Gasteiger partial charge in [0.15, 0.2) is 11.5 Å². The number of pyridine rings is 1. The van der Waals surface area contributed by atoms with E-state index in [-0.39, 0.29) is 5.78 Å². The molecule has 1 aromatic rings. The lowest BCUT2D eigenvalue weighted by Gasteiger charge is -2.05. The smallest absolute Gasteiger partial charge is 0.163 e. The third-order valence-electron chi connectivity index (χ3n) is 1.55. The van der Waals surface area contributed by atoms with E-state index in [2.05, 4.69) is 4.98 Å². The SMILES string of the molecule is COc1cncc(C(C)=O)c1N. The number of methoxy groups -OCH3 is 1. The molecule has 2 N–H and O–H groups in total. The summed E-state index contributed by atoms with van der Waals surface area (Å²) in [6, 6.07) is 0. The van der Waals surface area contributed by atoms with Crippen LogP contribution in [0.5, 0.6) is 5.75 Å². The Kier molecular flexibility index (Phi) is 2.28. The number of ketones is 1. The van der Waals surface area contributed by atoms with Crippen molar-refractivity contribution in [1.82, 2.24) is 4.98 Å². The monoisotopic (exact) mass is 166 g/mol. The summed E-state index contributed by atoms with van der Waals surface area (Å²) in [6.07, 6.45) is 2.90. The fourth-order valence-electron chi connectivity index (χ4n) is 0.895. The molecule has 4 nitrogen and oxygen atoms in total. The quantitative estimate of drug-likeness (QED) is 0.662. The van der Waals surface area contributed by atoms with Crippen molar-refractivity contribution in [3.8, 4) is 5.75 Å². The highest BCUT2D eigenvalue weighted by molar-refractivity contribution is 5.99. The second kappa shape index (κ2) is 3.21. The molecule has 0 radical (unpaired) electrons. The Bertz CT molecular complexity index is 310. The molecule has 0 aliphatic heterocycles. The molecule has 0 aliphatic rings. The van der Waals surface area contributed by atoms with Gasteiger partial charge in [-0.3, -0.25) is 9.78 Å². The number of hydrogen-bond acceptors (Lipinski definition) is 4. The van der Waals surface area contributed by atoms with E-state index in [0.29, 0.717) is 17.0 Å². The van der Waals surface area contributed by atoms with Crippen LogP contribution in [0.2, 0.25) is 0 Å². The molecule has 0 bridgehead atoms. The first-order valence-corrected chi connectivity index (χ1v) is 3.45. The number of aromatic nitrogens is 1. The molecule has 1 heterocycles. The van der Waals surface area contributed by atoms with Gasteiger partial charge in [-0.25, -0.2) is 0 Å². The number of carbonyl (C=O) groups excluding carboxylic acids is 1. The maximum absolute atomic E-state index is 11.0. The number of Topliss-reactive ketones (excluding diaryl/α,β-unsaturated/α-hetero) is 1. The van der Waals surface area contributed by atoms with Gasteiger partial charge in [0, 0.05) is 6.20 Å². The molecular formula is C8H10N2O2. The molecule has 0 amide bonds. The van der Waals surface area contributed by atoms with E-state index in [1.54, 1.807) is 0 Å². The number of nitrogens with two attached hydrogens (primary N) is 1. The van der Waals surface area contributed by atoms with Gasteiger partial charge in [0.1, 0.15) is 0 Å². The van der Waals surface area contributed by atoms with E-state index < -0.39 is 0 Å². The molecule has 0 atom stereocenters. The van der Waals surface area contributed by atoms with Crippen molar-refractivity contribution in [1.29, 1.82) is 0 Å². The van der Waals surface area contributed by atoms with E-state index in [1.165, 1.54) is 26.4 Å². The first-order chi connectivity index (χ1) is 5.66. The Labute approximate surface area is 70.4 Å². The van der Waals surface area contributed by atoms with Crippen molar-refractivity contribution in [2.45, 2.75) is 6.92 Å². The van der Waals surface area contributed by atoms with Gasteiger partial charge in [-0.2, -0.15) is 0 Å². The minimum atomic E-state index is -0.112. The van der Waals surface area contributed by atoms with Crippen LogP contribution >= 0.6 is 0 Å². The van der Waals surface area contributed by atoms with Crippen molar-refractivity contribution < 1.29 is 9.53 Å². The Morgan fingerprint density at radius 1 is 1.58 bits per heavy atom. The summed E-state index contributed by atoms with van der Waals surface area (Å²) in [5.41, 5.74) is 6.35. The summed E-state index contributed by atoms with van der Waals surface area (Å²) in [5, 5.41) is 0. The van der Waals surface area contributed by atoms with E-state index in [1.807, 2.05) is 0 Å². The van der Waals surface area contributed by atoms with Crippen LogP contribution in [0.25, 0.3) is 0 Å². The molecule has 1 rings (SSSR count). The van der Waals surface area contributed by atoms with Crippen LogP contribution in [0.3, 0.4) is 0 Å². The molecule has 0 unspecified atom stereocenters. The number of nitrogen functional groups attached to an aromatic ring is 1. The van der Waals surface area contributed by atoms with Crippen LogP contribution in [0, 0.1) is 0 Å².